The number of amides is 1. The standard InChI is InChI=1S/C12H18N2O3S2/c1-12(2,19(3,16)17)8-14-10(15)6-13-11(14)9-4-5-18-7-9/h4-5,7,11,13H,6,8H2,1-3H3. The topological polar surface area (TPSA) is 66.5 Å². The molecule has 1 aliphatic heterocycles. The van der Waals surface area contributed by atoms with E-state index in [-0.39, 0.29) is 25.2 Å². The first-order valence-electron chi connectivity index (χ1n) is 5.97. The molecule has 1 aromatic heterocycles. The van der Waals surface area contributed by atoms with Gasteiger partial charge in [0.2, 0.25) is 5.91 Å². The Morgan fingerprint density at radius 1 is 1.53 bits per heavy atom. The third kappa shape index (κ3) is 2.82. The van der Waals surface area contributed by atoms with Gasteiger partial charge < -0.3 is 4.90 Å². The highest BCUT2D eigenvalue weighted by atomic mass is 32.2. The van der Waals surface area contributed by atoms with Crippen LogP contribution >= 0.6 is 11.3 Å². The number of carbonyl (C=O) groups excluding carboxylic acids is 1. The minimum Gasteiger partial charge on any atom is -0.320 e. The molecular formula is C12H18N2O3S2. The van der Waals surface area contributed by atoms with Crippen LogP contribution in [0, 0.1) is 0 Å². The highest BCUT2D eigenvalue weighted by Crippen LogP contribution is 2.28. The summed E-state index contributed by atoms with van der Waals surface area (Å²) in [5.74, 6) is -0.0621. The zero-order valence-electron chi connectivity index (χ0n) is 11.2. The molecule has 1 fully saturated rings. The summed E-state index contributed by atoms with van der Waals surface area (Å²) in [4.78, 5) is 13.6. The fraction of sp³-hybridized carbons (Fsp3) is 0.583. The molecule has 1 saturated heterocycles. The molecule has 0 bridgehead atoms. The Hall–Kier alpha value is -0.920. The fourth-order valence-corrected chi connectivity index (χ4v) is 3.03. The Balaban J connectivity index is 2.24. The van der Waals surface area contributed by atoms with Crippen LogP contribution in [-0.4, -0.2) is 43.3 Å². The lowest BCUT2D eigenvalue weighted by Crippen LogP contribution is -2.46. The van der Waals surface area contributed by atoms with E-state index in [0.29, 0.717) is 0 Å². The van der Waals surface area contributed by atoms with Gasteiger partial charge in [0.15, 0.2) is 9.84 Å². The number of hydrogen-bond donors (Lipinski definition) is 1. The predicted octanol–water partition coefficient (Wildman–Crippen LogP) is 1.00. The van der Waals surface area contributed by atoms with Gasteiger partial charge in [-0.1, -0.05) is 0 Å². The lowest BCUT2D eigenvalue weighted by molar-refractivity contribution is -0.128. The molecule has 7 heteroatoms. The van der Waals surface area contributed by atoms with E-state index in [9.17, 15) is 13.2 Å². The minimum atomic E-state index is -3.22. The summed E-state index contributed by atoms with van der Waals surface area (Å²) >= 11 is 1.56. The minimum absolute atomic E-state index is 0.0621. The summed E-state index contributed by atoms with van der Waals surface area (Å²) in [5.41, 5.74) is 1.00. The number of thiophene rings is 1. The van der Waals surface area contributed by atoms with Gasteiger partial charge >= 0.3 is 0 Å². The lowest BCUT2D eigenvalue weighted by atomic mass is 10.1. The van der Waals surface area contributed by atoms with Gasteiger partial charge in [-0.15, -0.1) is 0 Å². The second kappa shape index (κ2) is 4.88. The summed E-state index contributed by atoms with van der Waals surface area (Å²) in [6.07, 6.45) is 0.986. The third-order valence-corrected chi connectivity index (χ3v) is 6.33. The average Bonchev–Trinajstić information content (AvgIpc) is 2.88. The maximum Gasteiger partial charge on any atom is 0.238 e. The van der Waals surface area contributed by atoms with Gasteiger partial charge in [0.05, 0.1) is 11.3 Å². The summed E-state index contributed by atoms with van der Waals surface area (Å²) in [6, 6.07) is 1.95. The Labute approximate surface area is 117 Å². The maximum atomic E-state index is 12.0. The summed E-state index contributed by atoms with van der Waals surface area (Å²) in [5, 5.41) is 7.03. The highest BCUT2D eigenvalue weighted by Gasteiger charge is 2.39. The molecular weight excluding hydrogens is 284 g/mol. The van der Waals surface area contributed by atoms with Crippen LogP contribution in [0.5, 0.6) is 0 Å². The molecule has 1 aromatic rings. The van der Waals surface area contributed by atoms with Crippen molar-refractivity contribution in [1.29, 1.82) is 0 Å². The van der Waals surface area contributed by atoms with Crippen molar-refractivity contribution < 1.29 is 13.2 Å². The van der Waals surface area contributed by atoms with Crippen molar-refractivity contribution in [2.24, 2.45) is 0 Å². The molecule has 0 spiro atoms. The summed E-state index contributed by atoms with van der Waals surface area (Å²) in [6.45, 7) is 3.75. The number of nitrogens with zero attached hydrogens (tertiary/aromatic N) is 1. The van der Waals surface area contributed by atoms with Gasteiger partial charge in [0.25, 0.3) is 0 Å². The number of sulfone groups is 1. The van der Waals surface area contributed by atoms with Gasteiger partial charge in [-0.05, 0) is 36.2 Å². The van der Waals surface area contributed by atoms with Crippen LogP contribution in [-0.2, 0) is 14.6 Å². The highest BCUT2D eigenvalue weighted by molar-refractivity contribution is 7.92. The van der Waals surface area contributed by atoms with Gasteiger partial charge in [0, 0.05) is 12.8 Å². The van der Waals surface area contributed by atoms with Crippen molar-refractivity contribution in [2.45, 2.75) is 24.8 Å². The van der Waals surface area contributed by atoms with Crippen molar-refractivity contribution in [1.82, 2.24) is 10.2 Å². The molecule has 1 atom stereocenters. The molecule has 1 N–H and O–H groups in total. The average molecular weight is 302 g/mol. The van der Waals surface area contributed by atoms with Crippen LogP contribution < -0.4 is 5.32 Å². The van der Waals surface area contributed by atoms with Crippen LogP contribution in [0.4, 0.5) is 0 Å². The predicted molar refractivity (Wildman–Crippen MR) is 75.7 cm³/mol. The van der Waals surface area contributed by atoms with Crippen molar-refractivity contribution in [3.05, 3.63) is 22.4 Å². The molecule has 1 unspecified atom stereocenters. The van der Waals surface area contributed by atoms with Crippen LogP contribution in [0.2, 0.25) is 0 Å². The Morgan fingerprint density at radius 2 is 2.21 bits per heavy atom. The zero-order valence-corrected chi connectivity index (χ0v) is 12.8. The van der Waals surface area contributed by atoms with E-state index in [1.165, 1.54) is 6.26 Å². The molecule has 2 heterocycles. The van der Waals surface area contributed by atoms with Crippen molar-refractivity contribution in [3.63, 3.8) is 0 Å². The molecule has 5 nitrogen and oxygen atoms in total. The van der Waals surface area contributed by atoms with E-state index in [0.717, 1.165) is 5.56 Å². The molecule has 0 aliphatic carbocycles. The van der Waals surface area contributed by atoms with Crippen molar-refractivity contribution >= 4 is 27.1 Å². The first-order chi connectivity index (χ1) is 8.72. The number of nitrogens with one attached hydrogen (secondary N) is 1. The van der Waals surface area contributed by atoms with Crippen LogP contribution in [0.1, 0.15) is 25.6 Å². The van der Waals surface area contributed by atoms with Gasteiger partial charge in [-0.25, -0.2) is 8.42 Å². The SMILES string of the molecule is CC(C)(CN1C(=O)CNC1c1ccsc1)S(C)(=O)=O. The molecule has 19 heavy (non-hydrogen) atoms. The van der Waals surface area contributed by atoms with E-state index in [2.05, 4.69) is 5.32 Å². The quantitative estimate of drug-likeness (QED) is 0.901. The number of rotatable bonds is 4. The molecule has 0 radical (unpaired) electrons. The van der Waals surface area contributed by atoms with E-state index in [1.807, 2.05) is 16.8 Å². The summed E-state index contributed by atoms with van der Waals surface area (Å²) < 4.78 is 22.6. The molecule has 0 aromatic carbocycles. The normalized spacial score (nSPS) is 21.1. The largest absolute Gasteiger partial charge is 0.320 e. The monoisotopic (exact) mass is 302 g/mol. The second-order valence-electron chi connectivity index (χ2n) is 5.39. The van der Waals surface area contributed by atoms with Crippen LogP contribution in [0.15, 0.2) is 16.8 Å². The molecule has 2 rings (SSSR count). The van der Waals surface area contributed by atoms with Crippen LogP contribution in [0.25, 0.3) is 0 Å². The van der Waals surface area contributed by atoms with E-state index in [4.69, 9.17) is 0 Å². The van der Waals surface area contributed by atoms with Crippen molar-refractivity contribution in [3.8, 4) is 0 Å². The fourth-order valence-electron chi connectivity index (χ4n) is 1.98. The first-order valence-corrected chi connectivity index (χ1v) is 8.80. The van der Waals surface area contributed by atoms with Gasteiger partial charge in [-0.2, -0.15) is 11.3 Å². The van der Waals surface area contributed by atoms with Gasteiger partial charge in [-0.3, -0.25) is 10.1 Å². The Morgan fingerprint density at radius 3 is 2.74 bits per heavy atom. The molecule has 106 valence electrons. The maximum absolute atomic E-state index is 12.0. The van der Waals surface area contributed by atoms with E-state index in [1.54, 1.807) is 30.1 Å². The molecule has 1 aliphatic rings. The Kier molecular flexibility index (Phi) is 3.72. The van der Waals surface area contributed by atoms with Crippen molar-refractivity contribution in [2.75, 3.05) is 19.3 Å². The third-order valence-electron chi connectivity index (χ3n) is 3.49. The Bertz CT molecular complexity index is 564. The zero-order chi connectivity index (χ0) is 14.3. The van der Waals surface area contributed by atoms with Crippen LogP contribution in [0.3, 0.4) is 0 Å². The second-order valence-corrected chi connectivity index (χ2v) is 8.82. The van der Waals surface area contributed by atoms with Gasteiger partial charge in [0.1, 0.15) is 6.17 Å². The molecule has 1 amide bonds. The smallest absolute Gasteiger partial charge is 0.238 e. The van der Waals surface area contributed by atoms with E-state index >= 15 is 0 Å². The lowest BCUT2D eigenvalue weighted by Gasteiger charge is -2.32. The summed E-state index contributed by atoms with van der Waals surface area (Å²) in [7, 11) is -3.22. The number of carbonyl (C=O) groups is 1. The van der Waals surface area contributed by atoms with E-state index < -0.39 is 14.6 Å². The first kappa shape index (κ1) is 14.5. The number of hydrogen-bond acceptors (Lipinski definition) is 5. The molecule has 0 saturated carbocycles.